The predicted molar refractivity (Wildman–Crippen MR) is 32.4 cm³/mol. The number of carbonyl (C=O) groups excluding carboxylic acids is 1. The molecule has 0 saturated heterocycles. The van der Waals surface area contributed by atoms with Gasteiger partial charge in [-0.2, -0.15) is 13.2 Å². The number of hydrogen-bond acceptors (Lipinski definition) is 2. The third-order valence-corrected chi connectivity index (χ3v) is 0.898. The van der Waals surface area contributed by atoms with E-state index in [9.17, 15) is 18.0 Å². The van der Waals surface area contributed by atoms with Crippen molar-refractivity contribution in [3.05, 3.63) is 0 Å². The third-order valence-electron chi connectivity index (χ3n) is 0.709. The van der Waals surface area contributed by atoms with Gasteiger partial charge in [0.2, 0.25) is 5.24 Å². The van der Waals surface area contributed by atoms with Crippen molar-refractivity contribution in [1.82, 2.24) is 0 Å². The normalized spacial score (nSPS) is 11.6. The van der Waals surface area contributed by atoms with Crippen LogP contribution in [0.1, 0.15) is 6.42 Å². The second kappa shape index (κ2) is 4.56. The smallest absolute Gasteiger partial charge is 0.372 e. The van der Waals surface area contributed by atoms with E-state index in [0.29, 0.717) is 0 Å². The Morgan fingerprint density at radius 3 is 2.36 bits per heavy atom. The van der Waals surface area contributed by atoms with E-state index >= 15 is 0 Å². The average Bonchev–Trinajstić information content (AvgIpc) is 1.78. The monoisotopic (exact) mass is 190 g/mol. The van der Waals surface area contributed by atoms with E-state index in [1.165, 1.54) is 0 Å². The molecule has 0 atom stereocenters. The maximum absolute atomic E-state index is 11.3. The molecule has 0 bridgehead atoms. The molecule has 0 N–H and O–H groups in total. The van der Waals surface area contributed by atoms with Gasteiger partial charge >= 0.3 is 6.18 Å². The van der Waals surface area contributed by atoms with E-state index in [1.807, 2.05) is 0 Å². The second-order valence-electron chi connectivity index (χ2n) is 1.77. The topological polar surface area (TPSA) is 26.3 Å². The largest absolute Gasteiger partial charge is 0.411 e. The van der Waals surface area contributed by atoms with Crippen LogP contribution in [0.25, 0.3) is 0 Å². The van der Waals surface area contributed by atoms with Crippen molar-refractivity contribution in [3.63, 3.8) is 0 Å². The summed E-state index contributed by atoms with van der Waals surface area (Å²) in [6, 6.07) is 0. The molecule has 0 aromatic heterocycles. The standard InChI is InChI=1S/C5H6ClF3O2/c6-4(10)1-2-11-3-5(7,8)9/h1-3H2. The van der Waals surface area contributed by atoms with Gasteiger partial charge in [0, 0.05) is 6.42 Å². The highest BCUT2D eigenvalue weighted by Crippen LogP contribution is 2.14. The quantitative estimate of drug-likeness (QED) is 0.498. The zero-order valence-electron chi connectivity index (χ0n) is 5.45. The zero-order valence-corrected chi connectivity index (χ0v) is 6.21. The van der Waals surface area contributed by atoms with E-state index in [1.54, 1.807) is 0 Å². The van der Waals surface area contributed by atoms with Crippen LogP contribution in [-0.4, -0.2) is 24.6 Å². The van der Waals surface area contributed by atoms with E-state index in [-0.39, 0.29) is 13.0 Å². The molecule has 0 saturated carbocycles. The molecule has 0 aliphatic carbocycles. The molecule has 0 aromatic rings. The van der Waals surface area contributed by atoms with Crippen LogP contribution in [0, 0.1) is 0 Å². The molecular weight excluding hydrogens is 184 g/mol. The molecule has 66 valence electrons. The summed E-state index contributed by atoms with van der Waals surface area (Å²) in [5.74, 6) is 0. The Balaban J connectivity index is 3.22. The van der Waals surface area contributed by atoms with Crippen LogP contribution >= 0.6 is 11.6 Å². The van der Waals surface area contributed by atoms with Crippen molar-refractivity contribution in [3.8, 4) is 0 Å². The molecular formula is C5H6ClF3O2. The van der Waals surface area contributed by atoms with Gasteiger partial charge in [-0.25, -0.2) is 0 Å². The lowest BCUT2D eigenvalue weighted by Crippen LogP contribution is -2.17. The lowest BCUT2D eigenvalue weighted by molar-refractivity contribution is -0.174. The summed E-state index contributed by atoms with van der Waals surface area (Å²) in [4.78, 5) is 9.97. The average molecular weight is 191 g/mol. The molecule has 0 fully saturated rings. The molecule has 0 heterocycles. The predicted octanol–water partition coefficient (Wildman–Crippen LogP) is 1.72. The van der Waals surface area contributed by atoms with Crippen LogP contribution < -0.4 is 0 Å². The van der Waals surface area contributed by atoms with E-state index < -0.39 is 18.0 Å². The molecule has 0 aliphatic rings. The van der Waals surface area contributed by atoms with Gasteiger partial charge in [0.25, 0.3) is 0 Å². The maximum atomic E-state index is 11.3. The highest BCUT2D eigenvalue weighted by atomic mass is 35.5. The van der Waals surface area contributed by atoms with Gasteiger partial charge in [-0.05, 0) is 11.6 Å². The molecule has 0 aliphatic heterocycles. The minimum absolute atomic E-state index is 0.197. The zero-order chi connectivity index (χ0) is 8.91. The van der Waals surface area contributed by atoms with Gasteiger partial charge in [-0.1, -0.05) is 0 Å². The van der Waals surface area contributed by atoms with Crippen LogP contribution in [0.2, 0.25) is 0 Å². The molecule has 0 amide bonds. The minimum Gasteiger partial charge on any atom is -0.372 e. The molecule has 0 radical (unpaired) electrons. The van der Waals surface area contributed by atoms with Crippen LogP contribution in [0.4, 0.5) is 13.2 Å². The Bertz CT molecular complexity index is 134. The van der Waals surface area contributed by atoms with E-state index in [2.05, 4.69) is 4.74 Å². The summed E-state index contributed by atoms with van der Waals surface area (Å²) < 4.78 is 38.1. The van der Waals surface area contributed by atoms with Gasteiger partial charge in [0.1, 0.15) is 6.61 Å². The van der Waals surface area contributed by atoms with E-state index in [4.69, 9.17) is 11.6 Å². The Morgan fingerprint density at radius 2 is 2.00 bits per heavy atom. The number of rotatable bonds is 4. The molecule has 11 heavy (non-hydrogen) atoms. The van der Waals surface area contributed by atoms with Crippen LogP contribution in [0.3, 0.4) is 0 Å². The number of halogens is 4. The van der Waals surface area contributed by atoms with Crippen LogP contribution in [-0.2, 0) is 9.53 Å². The van der Waals surface area contributed by atoms with Crippen molar-refractivity contribution >= 4 is 16.8 Å². The minimum atomic E-state index is -4.34. The highest BCUT2D eigenvalue weighted by Gasteiger charge is 2.27. The van der Waals surface area contributed by atoms with Crippen molar-refractivity contribution < 1.29 is 22.7 Å². The summed E-state index contributed by atoms with van der Waals surface area (Å²) in [6.07, 6.45) is -4.53. The molecule has 0 rings (SSSR count). The van der Waals surface area contributed by atoms with Gasteiger partial charge < -0.3 is 4.74 Å². The molecule has 0 spiro atoms. The summed E-state index contributed by atoms with van der Waals surface area (Å²) in [7, 11) is 0. The molecule has 6 heteroatoms. The second-order valence-corrected chi connectivity index (χ2v) is 2.19. The van der Waals surface area contributed by atoms with Gasteiger partial charge in [0.15, 0.2) is 0 Å². The number of carbonyl (C=O) groups is 1. The summed E-state index contributed by atoms with van der Waals surface area (Å²) in [5, 5.41) is -0.702. The van der Waals surface area contributed by atoms with Crippen molar-refractivity contribution in [2.75, 3.05) is 13.2 Å². The Labute approximate surface area is 66.3 Å². The lowest BCUT2D eigenvalue weighted by atomic mass is 10.5. The van der Waals surface area contributed by atoms with Crippen molar-refractivity contribution in [2.24, 2.45) is 0 Å². The Hall–Kier alpha value is -0.290. The van der Waals surface area contributed by atoms with Gasteiger partial charge in [0.05, 0.1) is 6.61 Å². The Morgan fingerprint density at radius 1 is 1.45 bits per heavy atom. The molecule has 0 unspecified atom stereocenters. The SMILES string of the molecule is O=C(Cl)CCOCC(F)(F)F. The number of ether oxygens (including phenoxy) is 1. The Kier molecular flexibility index (Phi) is 4.44. The first-order chi connectivity index (χ1) is 4.92. The third kappa shape index (κ3) is 9.71. The molecule has 2 nitrogen and oxygen atoms in total. The highest BCUT2D eigenvalue weighted by molar-refractivity contribution is 6.63. The van der Waals surface area contributed by atoms with Gasteiger partial charge in [-0.3, -0.25) is 4.79 Å². The maximum Gasteiger partial charge on any atom is 0.411 e. The number of alkyl halides is 3. The van der Waals surface area contributed by atoms with Gasteiger partial charge in [-0.15, -0.1) is 0 Å². The lowest BCUT2D eigenvalue weighted by Gasteiger charge is -2.05. The number of hydrogen-bond donors (Lipinski definition) is 0. The fraction of sp³-hybridized carbons (Fsp3) is 0.800. The summed E-state index contributed by atoms with van der Waals surface area (Å²) in [5.41, 5.74) is 0. The fourth-order valence-electron chi connectivity index (χ4n) is 0.340. The molecule has 0 aromatic carbocycles. The summed E-state index contributed by atoms with van der Waals surface area (Å²) in [6.45, 7) is -1.63. The first-order valence-corrected chi connectivity index (χ1v) is 3.12. The van der Waals surface area contributed by atoms with Crippen molar-refractivity contribution in [1.29, 1.82) is 0 Å². The first-order valence-electron chi connectivity index (χ1n) is 2.74. The first kappa shape index (κ1) is 10.7. The van der Waals surface area contributed by atoms with E-state index in [0.717, 1.165) is 0 Å². The van der Waals surface area contributed by atoms with Crippen LogP contribution in [0.15, 0.2) is 0 Å². The fourth-order valence-corrected chi connectivity index (χ4v) is 0.417. The summed E-state index contributed by atoms with van der Waals surface area (Å²) >= 11 is 4.83. The van der Waals surface area contributed by atoms with Crippen LogP contribution in [0.5, 0.6) is 0 Å². The van der Waals surface area contributed by atoms with Crippen molar-refractivity contribution in [2.45, 2.75) is 12.6 Å².